The molecule has 0 aliphatic carbocycles. The van der Waals surface area contributed by atoms with E-state index in [1.54, 1.807) is 12.1 Å². The maximum atomic E-state index is 13.4. The minimum Gasteiger partial charge on any atom is -0.456 e. The Morgan fingerprint density at radius 2 is 1.95 bits per heavy atom. The summed E-state index contributed by atoms with van der Waals surface area (Å²) in [5.41, 5.74) is 3.86. The number of benzene rings is 2. The van der Waals surface area contributed by atoms with Crippen molar-refractivity contribution in [2.45, 2.75) is 13.5 Å². The van der Waals surface area contributed by atoms with E-state index in [0.717, 1.165) is 27.9 Å². The molecule has 3 heteroatoms. The van der Waals surface area contributed by atoms with Crippen LogP contribution < -0.4 is 5.32 Å². The Kier molecular flexibility index (Phi) is 3.28. The van der Waals surface area contributed by atoms with Gasteiger partial charge in [-0.3, -0.25) is 0 Å². The third-order valence-electron chi connectivity index (χ3n) is 3.37. The number of rotatable bonds is 3. The molecule has 1 aromatic heterocycles. The standard InChI is InChI=1S/C17H16FNO/c1-11-3-6-16-12(7-11)9-17(20-16)15-5-4-14(18)8-13(15)10-19-2/h3-9,19H,10H2,1-2H3. The average Bonchev–Trinajstić information content (AvgIpc) is 2.82. The molecule has 0 bridgehead atoms. The van der Waals surface area contributed by atoms with Gasteiger partial charge >= 0.3 is 0 Å². The van der Waals surface area contributed by atoms with Crippen LogP contribution in [-0.2, 0) is 6.54 Å². The van der Waals surface area contributed by atoms with E-state index in [2.05, 4.69) is 18.3 Å². The van der Waals surface area contributed by atoms with Crippen molar-refractivity contribution in [3.05, 3.63) is 59.4 Å². The number of fused-ring (bicyclic) bond motifs is 1. The molecule has 0 saturated carbocycles. The van der Waals surface area contributed by atoms with Gasteiger partial charge in [0.15, 0.2) is 0 Å². The second kappa shape index (κ2) is 5.10. The smallest absolute Gasteiger partial charge is 0.135 e. The first kappa shape index (κ1) is 12.9. The number of furan rings is 1. The van der Waals surface area contributed by atoms with Crippen LogP contribution in [0, 0.1) is 12.7 Å². The summed E-state index contributed by atoms with van der Waals surface area (Å²) in [5.74, 6) is 0.543. The fraction of sp³-hybridized carbons (Fsp3) is 0.176. The maximum Gasteiger partial charge on any atom is 0.135 e. The van der Waals surface area contributed by atoms with E-state index < -0.39 is 0 Å². The lowest BCUT2D eigenvalue weighted by Gasteiger charge is -2.06. The highest BCUT2D eigenvalue weighted by Gasteiger charge is 2.11. The van der Waals surface area contributed by atoms with Gasteiger partial charge in [0, 0.05) is 17.5 Å². The Hall–Kier alpha value is -2.13. The Morgan fingerprint density at radius 3 is 2.75 bits per heavy atom. The summed E-state index contributed by atoms with van der Waals surface area (Å²) in [6.07, 6.45) is 0. The molecule has 0 aliphatic rings. The van der Waals surface area contributed by atoms with Crippen LogP contribution in [0.15, 0.2) is 46.9 Å². The molecule has 0 unspecified atom stereocenters. The predicted molar refractivity (Wildman–Crippen MR) is 79.1 cm³/mol. The maximum absolute atomic E-state index is 13.4. The predicted octanol–water partition coefficient (Wildman–Crippen LogP) is 4.27. The number of hydrogen-bond donors (Lipinski definition) is 1. The van der Waals surface area contributed by atoms with Crippen molar-refractivity contribution in [3.63, 3.8) is 0 Å². The number of halogens is 1. The quantitative estimate of drug-likeness (QED) is 0.768. The lowest BCUT2D eigenvalue weighted by Crippen LogP contribution is -2.06. The van der Waals surface area contributed by atoms with Crippen LogP contribution in [0.5, 0.6) is 0 Å². The van der Waals surface area contributed by atoms with E-state index in [1.807, 2.05) is 25.2 Å². The molecule has 2 nitrogen and oxygen atoms in total. The van der Waals surface area contributed by atoms with Gasteiger partial charge in [-0.05, 0) is 55.9 Å². The van der Waals surface area contributed by atoms with E-state index in [4.69, 9.17) is 4.42 Å². The summed E-state index contributed by atoms with van der Waals surface area (Å²) < 4.78 is 19.3. The van der Waals surface area contributed by atoms with Crippen molar-refractivity contribution in [1.29, 1.82) is 0 Å². The monoisotopic (exact) mass is 269 g/mol. The minimum atomic E-state index is -0.231. The SMILES string of the molecule is CNCc1cc(F)ccc1-c1cc2cc(C)ccc2o1. The summed E-state index contributed by atoms with van der Waals surface area (Å²) >= 11 is 0. The van der Waals surface area contributed by atoms with Gasteiger partial charge in [-0.25, -0.2) is 4.39 Å². The molecule has 0 saturated heterocycles. The molecule has 0 spiro atoms. The van der Waals surface area contributed by atoms with Gasteiger partial charge in [-0.2, -0.15) is 0 Å². The van der Waals surface area contributed by atoms with Gasteiger partial charge < -0.3 is 9.73 Å². The molecule has 102 valence electrons. The van der Waals surface area contributed by atoms with E-state index in [-0.39, 0.29) is 5.82 Å². The van der Waals surface area contributed by atoms with Crippen molar-refractivity contribution in [2.75, 3.05) is 7.05 Å². The Bertz CT molecular complexity index is 761. The van der Waals surface area contributed by atoms with Gasteiger partial charge in [-0.15, -0.1) is 0 Å². The minimum absolute atomic E-state index is 0.231. The Labute approximate surface area is 117 Å². The number of nitrogens with one attached hydrogen (secondary N) is 1. The molecule has 0 fully saturated rings. The second-order valence-corrected chi connectivity index (χ2v) is 4.98. The van der Waals surface area contributed by atoms with Gasteiger partial charge in [0.2, 0.25) is 0 Å². The zero-order chi connectivity index (χ0) is 14.1. The molecular weight excluding hydrogens is 253 g/mol. The van der Waals surface area contributed by atoms with E-state index in [9.17, 15) is 4.39 Å². The first-order valence-corrected chi connectivity index (χ1v) is 6.61. The average molecular weight is 269 g/mol. The number of aryl methyl sites for hydroxylation is 1. The van der Waals surface area contributed by atoms with Crippen LogP contribution in [0.3, 0.4) is 0 Å². The van der Waals surface area contributed by atoms with Crippen LogP contribution in [0.25, 0.3) is 22.3 Å². The van der Waals surface area contributed by atoms with Gasteiger partial charge in [0.25, 0.3) is 0 Å². The normalized spacial score (nSPS) is 11.2. The first-order chi connectivity index (χ1) is 9.67. The highest BCUT2D eigenvalue weighted by molar-refractivity contribution is 5.84. The topological polar surface area (TPSA) is 25.2 Å². The summed E-state index contributed by atoms with van der Waals surface area (Å²) in [6.45, 7) is 2.65. The fourth-order valence-electron chi connectivity index (χ4n) is 2.43. The van der Waals surface area contributed by atoms with Crippen molar-refractivity contribution in [1.82, 2.24) is 5.32 Å². The van der Waals surface area contributed by atoms with Crippen LogP contribution in [0.2, 0.25) is 0 Å². The van der Waals surface area contributed by atoms with Crippen molar-refractivity contribution >= 4 is 11.0 Å². The highest BCUT2D eigenvalue weighted by atomic mass is 19.1. The zero-order valence-electron chi connectivity index (χ0n) is 11.5. The van der Waals surface area contributed by atoms with Crippen LogP contribution in [0.4, 0.5) is 4.39 Å². The van der Waals surface area contributed by atoms with Crippen molar-refractivity contribution < 1.29 is 8.81 Å². The lowest BCUT2D eigenvalue weighted by molar-refractivity contribution is 0.618. The van der Waals surface area contributed by atoms with E-state index in [1.165, 1.54) is 11.6 Å². The molecule has 0 amide bonds. The zero-order valence-corrected chi connectivity index (χ0v) is 11.5. The molecule has 1 N–H and O–H groups in total. The summed E-state index contributed by atoms with van der Waals surface area (Å²) in [6, 6.07) is 12.9. The lowest BCUT2D eigenvalue weighted by atomic mass is 10.0. The molecule has 0 radical (unpaired) electrons. The van der Waals surface area contributed by atoms with Gasteiger partial charge in [-0.1, -0.05) is 11.6 Å². The highest BCUT2D eigenvalue weighted by Crippen LogP contribution is 2.31. The summed E-state index contributed by atoms with van der Waals surface area (Å²) in [7, 11) is 1.84. The second-order valence-electron chi connectivity index (χ2n) is 4.98. The largest absolute Gasteiger partial charge is 0.456 e. The molecular formula is C17H16FNO. The van der Waals surface area contributed by atoms with Gasteiger partial charge in [0.1, 0.15) is 17.2 Å². The third kappa shape index (κ3) is 2.32. The van der Waals surface area contributed by atoms with Crippen LogP contribution in [-0.4, -0.2) is 7.05 Å². The molecule has 0 atom stereocenters. The molecule has 0 aliphatic heterocycles. The van der Waals surface area contributed by atoms with E-state index >= 15 is 0 Å². The molecule has 3 rings (SSSR count). The molecule has 20 heavy (non-hydrogen) atoms. The third-order valence-corrected chi connectivity index (χ3v) is 3.37. The first-order valence-electron chi connectivity index (χ1n) is 6.61. The fourth-order valence-corrected chi connectivity index (χ4v) is 2.43. The number of hydrogen-bond acceptors (Lipinski definition) is 2. The van der Waals surface area contributed by atoms with Crippen molar-refractivity contribution in [3.8, 4) is 11.3 Å². The Balaban J connectivity index is 2.14. The van der Waals surface area contributed by atoms with E-state index in [0.29, 0.717) is 6.54 Å². The van der Waals surface area contributed by atoms with Crippen LogP contribution in [0.1, 0.15) is 11.1 Å². The van der Waals surface area contributed by atoms with Gasteiger partial charge in [0.05, 0.1) is 0 Å². The Morgan fingerprint density at radius 1 is 1.10 bits per heavy atom. The summed E-state index contributed by atoms with van der Waals surface area (Å²) in [4.78, 5) is 0. The molecule has 2 aromatic carbocycles. The van der Waals surface area contributed by atoms with Crippen molar-refractivity contribution in [2.24, 2.45) is 0 Å². The summed E-state index contributed by atoms with van der Waals surface area (Å²) in [5, 5.41) is 4.13. The molecule has 3 aromatic rings. The van der Waals surface area contributed by atoms with Crippen LogP contribution >= 0.6 is 0 Å². The molecule has 1 heterocycles.